The lowest BCUT2D eigenvalue weighted by molar-refractivity contribution is -0.146. The van der Waals surface area contributed by atoms with Crippen LogP contribution in [0, 0.1) is 0 Å². The molecule has 1 heterocycles. The van der Waals surface area contributed by atoms with Gasteiger partial charge in [0.15, 0.2) is 17.3 Å². The number of hydrogen-bond acceptors (Lipinski definition) is 6. The predicted molar refractivity (Wildman–Crippen MR) is 93.8 cm³/mol. The number of Topliss-reactive ketones (excluding diaryl/α,β-unsaturated/α-hetero) is 1. The second-order valence-corrected chi connectivity index (χ2v) is 5.98. The normalized spacial score (nSPS) is 13.2. The summed E-state index contributed by atoms with van der Waals surface area (Å²) in [4.78, 5) is 24.0. The van der Waals surface area contributed by atoms with Crippen LogP contribution in [0.3, 0.4) is 0 Å². The van der Waals surface area contributed by atoms with Crippen LogP contribution in [0.25, 0.3) is 0 Å². The minimum absolute atomic E-state index is 0.0975. The maximum Gasteiger partial charge on any atom is 0.302 e. The molecular weight excluding hydrogens is 336 g/mol. The number of benzene rings is 2. The van der Waals surface area contributed by atoms with Crippen molar-refractivity contribution in [3.05, 3.63) is 53.6 Å². The Balaban J connectivity index is 1.70. The van der Waals surface area contributed by atoms with E-state index >= 15 is 0 Å². The number of rotatable bonds is 7. The molecule has 1 unspecified atom stereocenters. The third-order valence-corrected chi connectivity index (χ3v) is 4.06. The molecule has 1 aliphatic heterocycles. The molecule has 0 saturated heterocycles. The van der Waals surface area contributed by atoms with Gasteiger partial charge in [0.25, 0.3) is 0 Å². The maximum absolute atomic E-state index is 12.5. The van der Waals surface area contributed by atoms with Gasteiger partial charge in [0.1, 0.15) is 11.9 Å². The van der Waals surface area contributed by atoms with E-state index in [4.69, 9.17) is 18.9 Å². The number of fused-ring (bicyclic) bond motifs is 1. The van der Waals surface area contributed by atoms with Crippen molar-refractivity contribution in [2.45, 2.75) is 25.9 Å². The topological polar surface area (TPSA) is 71.1 Å². The van der Waals surface area contributed by atoms with Gasteiger partial charge in [-0.2, -0.15) is 0 Å². The van der Waals surface area contributed by atoms with Gasteiger partial charge < -0.3 is 18.9 Å². The monoisotopic (exact) mass is 356 g/mol. The van der Waals surface area contributed by atoms with Crippen LogP contribution in [0.4, 0.5) is 0 Å². The van der Waals surface area contributed by atoms with Gasteiger partial charge in [-0.1, -0.05) is 6.07 Å². The molecule has 0 amide bonds. The van der Waals surface area contributed by atoms with Crippen LogP contribution < -0.4 is 14.2 Å². The standard InChI is InChI=1S/C20H20O6/c1-13(21)26-17(9-14-3-8-19-20(10-14)25-12-24-19)11-18(22)15-4-6-16(23-2)7-5-15/h3-8,10,17H,9,11-12H2,1-2H3. The van der Waals surface area contributed by atoms with Crippen molar-refractivity contribution < 1.29 is 28.5 Å². The Kier molecular flexibility index (Phi) is 5.41. The van der Waals surface area contributed by atoms with Gasteiger partial charge in [0.2, 0.25) is 6.79 Å². The molecule has 0 radical (unpaired) electrons. The van der Waals surface area contributed by atoms with Gasteiger partial charge in [0.05, 0.1) is 7.11 Å². The second kappa shape index (κ2) is 7.91. The van der Waals surface area contributed by atoms with Gasteiger partial charge >= 0.3 is 5.97 Å². The Morgan fingerprint density at radius 3 is 2.50 bits per heavy atom. The third-order valence-electron chi connectivity index (χ3n) is 4.06. The van der Waals surface area contributed by atoms with Crippen molar-refractivity contribution in [1.29, 1.82) is 0 Å². The number of methoxy groups -OCH3 is 1. The van der Waals surface area contributed by atoms with E-state index in [0.29, 0.717) is 29.2 Å². The Morgan fingerprint density at radius 1 is 1.08 bits per heavy atom. The molecule has 0 N–H and O–H groups in total. The summed E-state index contributed by atoms with van der Waals surface area (Å²) >= 11 is 0. The Morgan fingerprint density at radius 2 is 1.81 bits per heavy atom. The molecule has 3 rings (SSSR count). The lowest BCUT2D eigenvalue weighted by Gasteiger charge is -2.17. The number of ether oxygens (including phenoxy) is 4. The molecule has 1 atom stereocenters. The Bertz CT molecular complexity index is 796. The molecule has 6 nitrogen and oxygen atoms in total. The summed E-state index contributed by atoms with van der Waals surface area (Å²) in [6.07, 6.45) is -0.0409. The Hall–Kier alpha value is -3.02. The van der Waals surface area contributed by atoms with Gasteiger partial charge in [-0.15, -0.1) is 0 Å². The molecule has 26 heavy (non-hydrogen) atoms. The minimum atomic E-state index is -0.553. The zero-order valence-electron chi connectivity index (χ0n) is 14.7. The highest BCUT2D eigenvalue weighted by atomic mass is 16.7. The first kappa shape index (κ1) is 17.8. The lowest BCUT2D eigenvalue weighted by atomic mass is 9.99. The van der Waals surface area contributed by atoms with Crippen LogP contribution in [-0.2, 0) is 16.0 Å². The molecule has 0 spiro atoms. The van der Waals surface area contributed by atoms with E-state index in [-0.39, 0.29) is 19.0 Å². The highest BCUT2D eigenvalue weighted by Gasteiger charge is 2.21. The molecule has 0 aromatic heterocycles. The molecule has 6 heteroatoms. The van der Waals surface area contributed by atoms with Crippen molar-refractivity contribution in [1.82, 2.24) is 0 Å². The summed E-state index contributed by atoms with van der Waals surface area (Å²) in [5.74, 6) is 1.51. The fraction of sp³-hybridized carbons (Fsp3) is 0.300. The molecule has 1 aliphatic rings. The predicted octanol–water partition coefficient (Wildman–Crippen LogP) is 3.17. The van der Waals surface area contributed by atoms with Crippen LogP contribution in [-0.4, -0.2) is 31.8 Å². The van der Waals surface area contributed by atoms with Crippen molar-refractivity contribution in [2.75, 3.05) is 13.9 Å². The highest BCUT2D eigenvalue weighted by molar-refractivity contribution is 5.96. The van der Waals surface area contributed by atoms with Crippen LogP contribution in [0.1, 0.15) is 29.3 Å². The number of esters is 1. The van der Waals surface area contributed by atoms with Crippen molar-refractivity contribution in [3.63, 3.8) is 0 Å². The van der Waals surface area contributed by atoms with E-state index in [9.17, 15) is 9.59 Å². The number of carbonyl (C=O) groups excluding carboxylic acids is 2. The quantitative estimate of drug-likeness (QED) is 0.561. The van der Waals surface area contributed by atoms with Crippen LogP contribution in [0.5, 0.6) is 17.2 Å². The van der Waals surface area contributed by atoms with Crippen molar-refractivity contribution in [3.8, 4) is 17.2 Å². The molecule has 136 valence electrons. The van der Waals surface area contributed by atoms with E-state index in [0.717, 1.165) is 5.56 Å². The summed E-state index contributed by atoms with van der Waals surface area (Å²) in [6, 6.07) is 12.4. The summed E-state index contributed by atoms with van der Waals surface area (Å²) in [7, 11) is 1.57. The summed E-state index contributed by atoms with van der Waals surface area (Å²) in [6.45, 7) is 1.53. The van der Waals surface area contributed by atoms with E-state index < -0.39 is 12.1 Å². The molecular formula is C20H20O6. The van der Waals surface area contributed by atoms with Crippen LogP contribution in [0.2, 0.25) is 0 Å². The Labute approximate surface area is 151 Å². The van der Waals surface area contributed by atoms with E-state index in [1.807, 2.05) is 18.2 Å². The molecule has 0 bridgehead atoms. The van der Waals surface area contributed by atoms with E-state index in [1.165, 1.54) is 6.92 Å². The average molecular weight is 356 g/mol. The number of carbonyl (C=O) groups is 2. The maximum atomic E-state index is 12.5. The fourth-order valence-corrected chi connectivity index (χ4v) is 2.82. The van der Waals surface area contributed by atoms with Gasteiger partial charge in [-0.25, -0.2) is 0 Å². The van der Waals surface area contributed by atoms with Crippen LogP contribution >= 0.6 is 0 Å². The van der Waals surface area contributed by atoms with E-state index in [1.54, 1.807) is 31.4 Å². The molecule has 0 fully saturated rings. The highest BCUT2D eigenvalue weighted by Crippen LogP contribution is 2.33. The largest absolute Gasteiger partial charge is 0.497 e. The first-order valence-corrected chi connectivity index (χ1v) is 8.28. The second-order valence-electron chi connectivity index (χ2n) is 5.98. The van der Waals surface area contributed by atoms with Gasteiger partial charge in [-0.3, -0.25) is 9.59 Å². The molecule has 0 saturated carbocycles. The number of ketones is 1. The summed E-state index contributed by atoms with van der Waals surface area (Å²) in [5, 5.41) is 0. The van der Waals surface area contributed by atoms with Crippen LogP contribution in [0.15, 0.2) is 42.5 Å². The minimum Gasteiger partial charge on any atom is -0.497 e. The smallest absolute Gasteiger partial charge is 0.302 e. The fourth-order valence-electron chi connectivity index (χ4n) is 2.82. The summed E-state index contributed by atoms with van der Waals surface area (Å²) < 4.78 is 21.1. The SMILES string of the molecule is COc1ccc(C(=O)CC(Cc2ccc3c(c2)OCO3)OC(C)=O)cc1. The molecule has 0 aliphatic carbocycles. The number of hydrogen-bond donors (Lipinski definition) is 0. The van der Waals surface area contributed by atoms with Crippen molar-refractivity contribution >= 4 is 11.8 Å². The average Bonchev–Trinajstić information content (AvgIpc) is 3.09. The molecule has 2 aromatic carbocycles. The zero-order chi connectivity index (χ0) is 18.5. The molecule has 2 aromatic rings. The van der Waals surface area contributed by atoms with E-state index in [2.05, 4.69) is 0 Å². The van der Waals surface area contributed by atoms with Gasteiger partial charge in [0, 0.05) is 25.3 Å². The van der Waals surface area contributed by atoms with Crippen molar-refractivity contribution in [2.24, 2.45) is 0 Å². The third kappa shape index (κ3) is 4.33. The zero-order valence-corrected chi connectivity index (χ0v) is 14.7. The first-order valence-electron chi connectivity index (χ1n) is 8.28. The summed E-state index contributed by atoms with van der Waals surface area (Å²) in [5.41, 5.74) is 1.46. The lowest BCUT2D eigenvalue weighted by Crippen LogP contribution is -2.23. The first-order chi connectivity index (χ1) is 12.5. The van der Waals surface area contributed by atoms with Gasteiger partial charge in [-0.05, 0) is 42.0 Å².